The fraction of sp³-hybridized carbons (Fsp3) is 0.435. The predicted molar refractivity (Wildman–Crippen MR) is 126 cm³/mol. The van der Waals surface area contributed by atoms with Gasteiger partial charge in [0.15, 0.2) is 0 Å². The second-order valence-corrected chi connectivity index (χ2v) is 8.55. The second-order valence-electron chi connectivity index (χ2n) is 7.35. The third-order valence-corrected chi connectivity index (χ3v) is 6.48. The van der Waals surface area contributed by atoms with E-state index in [0.29, 0.717) is 30.0 Å². The fourth-order valence-electron chi connectivity index (χ4n) is 3.45. The molecule has 0 fully saturated rings. The topological polar surface area (TPSA) is 76.5 Å². The van der Waals surface area contributed by atoms with Crippen molar-refractivity contribution < 1.29 is 9.53 Å². The van der Waals surface area contributed by atoms with Crippen molar-refractivity contribution in [3.8, 4) is 5.75 Å². The zero-order chi connectivity index (χ0) is 22.5. The highest BCUT2D eigenvalue weighted by Gasteiger charge is 2.19. The van der Waals surface area contributed by atoms with Gasteiger partial charge in [-0.25, -0.2) is 4.98 Å². The Morgan fingerprint density at radius 3 is 2.45 bits per heavy atom. The Bertz CT molecular complexity index is 1110. The fourth-order valence-corrected chi connectivity index (χ4v) is 4.48. The predicted octanol–water partition coefficient (Wildman–Crippen LogP) is 3.95. The number of aromatic nitrogens is 2. The summed E-state index contributed by atoms with van der Waals surface area (Å²) in [4.78, 5) is 35.0. The van der Waals surface area contributed by atoms with Gasteiger partial charge in [-0.3, -0.25) is 19.1 Å². The lowest BCUT2D eigenvalue weighted by atomic mass is 10.2. The molecule has 8 heteroatoms. The highest BCUT2D eigenvalue weighted by Crippen LogP contribution is 2.26. The van der Waals surface area contributed by atoms with E-state index in [9.17, 15) is 9.59 Å². The van der Waals surface area contributed by atoms with E-state index in [1.54, 1.807) is 12.1 Å². The number of benzene rings is 1. The molecule has 0 spiro atoms. The third-order valence-electron chi connectivity index (χ3n) is 5.38. The van der Waals surface area contributed by atoms with Crippen molar-refractivity contribution in [1.82, 2.24) is 14.5 Å². The van der Waals surface area contributed by atoms with Crippen molar-refractivity contribution in [3.63, 3.8) is 0 Å². The maximum Gasteiger partial charge on any atom is 0.263 e. The Balaban J connectivity index is 1.92. The molecular formula is C23H30N4O3S. The van der Waals surface area contributed by atoms with E-state index in [0.717, 1.165) is 34.1 Å². The molecule has 0 aliphatic heterocycles. The first-order valence-electron chi connectivity index (χ1n) is 10.6. The molecule has 1 N–H and O–H groups in total. The maximum atomic E-state index is 13.4. The van der Waals surface area contributed by atoms with Crippen molar-refractivity contribution in [3.05, 3.63) is 50.9 Å². The molecule has 31 heavy (non-hydrogen) atoms. The lowest BCUT2D eigenvalue weighted by Crippen LogP contribution is -2.34. The van der Waals surface area contributed by atoms with Crippen LogP contribution in [0.2, 0.25) is 0 Å². The number of nitrogens with zero attached hydrogens (tertiary/aromatic N) is 3. The molecule has 0 bridgehead atoms. The Labute approximate surface area is 186 Å². The first-order valence-corrected chi connectivity index (χ1v) is 11.4. The molecule has 0 saturated heterocycles. The smallest absolute Gasteiger partial charge is 0.263 e. The third kappa shape index (κ3) is 5.14. The van der Waals surface area contributed by atoms with Crippen LogP contribution in [-0.4, -0.2) is 40.1 Å². The molecular weight excluding hydrogens is 412 g/mol. The average Bonchev–Trinajstić information content (AvgIpc) is 3.04. The normalized spacial score (nSPS) is 11.3. The summed E-state index contributed by atoms with van der Waals surface area (Å²) in [6, 6.07) is 7.19. The highest BCUT2D eigenvalue weighted by molar-refractivity contribution is 7.18. The number of anilines is 1. The SMILES string of the molecule is CCOc1ccc(NC(=O)Cn2c(CN(CC)CC)nc3sc(C)c(C)c3c2=O)cc1. The van der Waals surface area contributed by atoms with E-state index in [2.05, 4.69) is 24.1 Å². The van der Waals surface area contributed by atoms with Crippen LogP contribution >= 0.6 is 11.3 Å². The van der Waals surface area contributed by atoms with E-state index in [-0.39, 0.29) is 18.0 Å². The van der Waals surface area contributed by atoms with Gasteiger partial charge in [-0.15, -0.1) is 11.3 Å². The number of fused-ring (bicyclic) bond motifs is 1. The van der Waals surface area contributed by atoms with Crippen molar-refractivity contribution in [1.29, 1.82) is 0 Å². The monoisotopic (exact) mass is 442 g/mol. The van der Waals surface area contributed by atoms with Crippen LogP contribution in [0.3, 0.4) is 0 Å². The largest absolute Gasteiger partial charge is 0.494 e. The van der Waals surface area contributed by atoms with Crippen molar-refractivity contribution in [2.75, 3.05) is 25.0 Å². The summed E-state index contributed by atoms with van der Waals surface area (Å²) in [7, 11) is 0. The number of nitrogens with one attached hydrogen (secondary N) is 1. The van der Waals surface area contributed by atoms with E-state index < -0.39 is 0 Å². The molecule has 1 aromatic carbocycles. The molecule has 0 aliphatic rings. The number of thiophene rings is 1. The molecule has 3 aromatic rings. The number of hydrogen-bond acceptors (Lipinski definition) is 6. The van der Waals surface area contributed by atoms with Crippen LogP contribution in [0.15, 0.2) is 29.1 Å². The second kappa shape index (κ2) is 10.1. The van der Waals surface area contributed by atoms with Gasteiger partial charge in [0.05, 0.1) is 18.5 Å². The Morgan fingerprint density at radius 2 is 1.84 bits per heavy atom. The van der Waals surface area contributed by atoms with Gasteiger partial charge >= 0.3 is 0 Å². The minimum atomic E-state index is -0.266. The van der Waals surface area contributed by atoms with E-state index in [1.165, 1.54) is 15.9 Å². The van der Waals surface area contributed by atoms with E-state index in [4.69, 9.17) is 9.72 Å². The minimum absolute atomic E-state index is 0.0834. The summed E-state index contributed by atoms with van der Waals surface area (Å²) < 4.78 is 6.95. The van der Waals surface area contributed by atoms with Gasteiger partial charge in [-0.1, -0.05) is 13.8 Å². The van der Waals surface area contributed by atoms with E-state index in [1.807, 2.05) is 32.9 Å². The summed E-state index contributed by atoms with van der Waals surface area (Å²) in [5.74, 6) is 1.10. The van der Waals surface area contributed by atoms with Crippen LogP contribution in [0.25, 0.3) is 10.2 Å². The van der Waals surface area contributed by atoms with Crippen molar-refractivity contribution >= 4 is 33.1 Å². The van der Waals surface area contributed by atoms with Gasteiger partial charge < -0.3 is 10.1 Å². The number of rotatable bonds is 9. The highest BCUT2D eigenvalue weighted by atomic mass is 32.1. The molecule has 3 rings (SSSR count). The first-order chi connectivity index (χ1) is 14.9. The van der Waals surface area contributed by atoms with E-state index >= 15 is 0 Å². The summed E-state index contributed by atoms with van der Waals surface area (Å²) in [5, 5.41) is 3.48. The quantitative estimate of drug-likeness (QED) is 0.543. The summed E-state index contributed by atoms with van der Waals surface area (Å²) in [6.45, 7) is 12.7. The zero-order valence-corrected chi connectivity index (χ0v) is 19.6. The lowest BCUT2D eigenvalue weighted by molar-refractivity contribution is -0.116. The molecule has 0 atom stereocenters. The van der Waals surface area contributed by atoms with Crippen molar-refractivity contribution in [2.24, 2.45) is 0 Å². The maximum absolute atomic E-state index is 13.4. The molecule has 0 aliphatic carbocycles. The summed E-state index contributed by atoms with van der Waals surface area (Å²) in [5.41, 5.74) is 1.44. The molecule has 0 radical (unpaired) electrons. The van der Waals surface area contributed by atoms with Gasteiger partial charge in [0.2, 0.25) is 5.91 Å². The van der Waals surface area contributed by atoms with Crippen molar-refractivity contribution in [2.45, 2.75) is 47.7 Å². The van der Waals surface area contributed by atoms with Crippen LogP contribution in [0.4, 0.5) is 5.69 Å². The molecule has 1 amide bonds. The first kappa shape index (κ1) is 23.0. The van der Waals surface area contributed by atoms with Crippen LogP contribution in [0.1, 0.15) is 37.0 Å². The molecule has 7 nitrogen and oxygen atoms in total. The van der Waals surface area contributed by atoms with Crippen LogP contribution < -0.4 is 15.6 Å². The zero-order valence-electron chi connectivity index (χ0n) is 18.8. The molecule has 166 valence electrons. The van der Waals surface area contributed by atoms with Crippen LogP contribution in [0, 0.1) is 13.8 Å². The average molecular weight is 443 g/mol. The Kier molecular flexibility index (Phi) is 7.46. The molecule has 0 saturated carbocycles. The molecule has 2 heterocycles. The Hall–Kier alpha value is -2.71. The minimum Gasteiger partial charge on any atom is -0.494 e. The number of amides is 1. The molecule has 2 aromatic heterocycles. The van der Waals surface area contributed by atoms with Gasteiger partial charge in [0.25, 0.3) is 5.56 Å². The van der Waals surface area contributed by atoms with Gasteiger partial charge in [0, 0.05) is 10.6 Å². The summed E-state index contributed by atoms with van der Waals surface area (Å²) >= 11 is 1.53. The van der Waals surface area contributed by atoms with Crippen LogP contribution in [0.5, 0.6) is 5.75 Å². The number of aryl methyl sites for hydroxylation is 2. The number of hydrogen-bond donors (Lipinski definition) is 1. The number of ether oxygens (including phenoxy) is 1. The molecule has 0 unspecified atom stereocenters. The number of carbonyl (C=O) groups excluding carboxylic acids is 1. The van der Waals surface area contributed by atoms with Gasteiger partial charge in [0.1, 0.15) is 22.9 Å². The summed E-state index contributed by atoms with van der Waals surface area (Å²) in [6.07, 6.45) is 0. The van der Waals surface area contributed by atoms with Crippen LogP contribution in [-0.2, 0) is 17.9 Å². The standard InChI is InChI=1S/C23H30N4O3S/c1-6-26(7-2)13-19-25-22-21(15(4)16(5)31-22)23(29)27(19)14-20(28)24-17-9-11-18(12-10-17)30-8-3/h9-12H,6-8,13-14H2,1-5H3,(H,24,28). The van der Waals surface area contributed by atoms with Gasteiger partial charge in [-0.2, -0.15) is 0 Å². The lowest BCUT2D eigenvalue weighted by Gasteiger charge is -2.20. The Morgan fingerprint density at radius 1 is 1.16 bits per heavy atom. The number of carbonyl (C=O) groups is 1. The van der Waals surface area contributed by atoms with Gasteiger partial charge in [-0.05, 0) is 63.7 Å².